The maximum atomic E-state index is 5.94. The van der Waals surface area contributed by atoms with Gasteiger partial charge < -0.3 is 24.0 Å². The van der Waals surface area contributed by atoms with Crippen molar-refractivity contribution in [3.8, 4) is 17.2 Å². The predicted molar refractivity (Wildman–Crippen MR) is 159 cm³/mol. The van der Waals surface area contributed by atoms with Crippen LogP contribution in [-0.2, 0) is 0 Å². The fraction of sp³-hybridized carbons (Fsp3) is 0.414. The van der Waals surface area contributed by atoms with Crippen LogP contribution in [0.2, 0.25) is 0 Å². The van der Waals surface area contributed by atoms with E-state index in [0.29, 0.717) is 37.1 Å². The highest BCUT2D eigenvalue weighted by atomic mass is 79.9. The third-order valence-corrected chi connectivity index (χ3v) is 7.13. The van der Waals surface area contributed by atoms with Crippen LogP contribution in [0.25, 0.3) is 0 Å². The normalized spacial score (nSPS) is 15.2. The molecular formula is C29H35BrN6O3. The Morgan fingerprint density at radius 1 is 0.846 bits per heavy atom. The number of aromatic nitrogens is 2. The van der Waals surface area contributed by atoms with Gasteiger partial charge >= 0.3 is 0 Å². The quantitative estimate of drug-likeness (QED) is 0.161. The number of nitrogens with zero attached hydrogens (tertiary/aromatic N) is 5. The number of rotatable bonds is 12. The minimum Gasteiger partial charge on any atom is -0.490 e. The molecule has 0 saturated carbocycles. The first kappa shape index (κ1) is 27.1. The number of hydrazone groups is 1. The molecule has 0 spiro atoms. The minimum atomic E-state index is 0.400. The van der Waals surface area contributed by atoms with E-state index in [9.17, 15) is 0 Å². The second-order valence-corrected chi connectivity index (χ2v) is 10.4. The first-order valence-corrected chi connectivity index (χ1v) is 14.4. The summed E-state index contributed by atoms with van der Waals surface area (Å²) in [5.41, 5.74) is 4.01. The van der Waals surface area contributed by atoms with Crippen LogP contribution in [0.3, 0.4) is 0 Å². The molecule has 0 radical (unpaired) electrons. The highest BCUT2D eigenvalue weighted by Gasteiger charge is 2.20. The van der Waals surface area contributed by atoms with Crippen molar-refractivity contribution in [3.05, 3.63) is 58.6 Å². The lowest BCUT2D eigenvalue weighted by molar-refractivity contribution is 0.208. The van der Waals surface area contributed by atoms with Crippen molar-refractivity contribution < 1.29 is 14.2 Å². The lowest BCUT2D eigenvalue weighted by Crippen LogP contribution is -2.24. The van der Waals surface area contributed by atoms with E-state index in [-0.39, 0.29) is 0 Å². The summed E-state index contributed by atoms with van der Waals surface area (Å²) in [5, 5.41) is 4.47. The summed E-state index contributed by atoms with van der Waals surface area (Å²) in [6.45, 7) is 7.37. The Hall–Kier alpha value is -3.53. The van der Waals surface area contributed by atoms with Crippen LogP contribution in [0.4, 0.5) is 17.6 Å². The molecule has 0 unspecified atom stereocenters. The Kier molecular flexibility index (Phi) is 9.37. The number of ether oxygens (including phenoxy) is 3. The van der Waals surface area contributed by atoms with Gasteiger partial charge in [0.15, 0.2) is 17.3 Å². The summed E-state index contributed by atoms with van der Waals surface area (Å²) in [4.78, 5) is 14.2. The van der Waals surface area contributed by atoms with Crippen molar-refractivity contribution in [3.63, 3.8) is 0 Å². The zero-order valence-electron chi connectivity index (χ0n) is 22.3. The Morgan fingerprint density at radius 2 is 1.56 bits per heavy atom. The van der Waals surface area contributed by atoms with Crippen molar-refractivity contribution in [2.45, 2.75) is 32.6 Å². The molecule has 0 aliphatic carbocycles. The zero-order chi connectivity index (χ0) is 26.9. The summed E-state index contributed by atoms with van der Waals surface area (Å²) in [7, 11) is 0. The summed E-state index contributed by atoms with van der Waals surface area (Å²) >= 11 is 3.43. The number of nitrogens with one attached hydrogen (secondary N) is 1. The lowest BCUT2D eigenvalue weighted by Gasteiger charge is -2.21. The molecule has 5 rings (SSSR count). The number of benzene rings is 2. The van der Waals surface area contributed by atoms with E-state index in [1.807, 2.05) is 55.5 Å². The van der Waals surface area contributed by atoms with E-state index >= 15 is 0 Å². The number of halogens is 1. The van der Waals surface area contributed by atoms with Crippen LogP contribution in [0.15, 0.2) is 58.1 Å². The van der Waals surface area contributed by atoms with Crippen LogP contribution in [-0.4, -0.2) is 62.2 Å². The Labute approximate surface area is 238 Å². The van der Waals surface area contributed by atoms with Gasteiger partial charge in [0.05, 0.1) is 12.8 Å². The van der Waals surface area contributed by atoms with Gasteiger partial charge in [-0.05, 0) is 80.6 Å². The van der Waals surface area contributed by atoms with Gasteiger partial charge in [0.2, 0.25) is 5.95 Å². The third kappa shape index (κ3) is 7.53. The van der Waals surface area contributed by atoms with Crippen molar-refractivity contribution in [1.82, 2.24) is 9.97 Å². The second kappa shape index (κ2) is 13.5. The van der Waals surface area contributed by atoms with Gasteiger partial charge in [-0.25, -0.2) is 0 Å². The minimum absolute atomic E-state index is 0.400. The van der Waals surface area contributed by atoms with E-state index in [2.05, 4.69) is 36.3 Å². The largest absolute Gasteiger partial charge is 0.490 e. The van der Waals surface area contributed by atoms with E-state index < -0.39 is 0 Å². The van der Waals surface area contributed by atoms with Gasteiger partial charge in [-0.1, -0.05) is 15.9 Å². The highest BCUT2D eigenvalue weighted by molar-refractivity contribution is 9.10. The summed E-state index contributed by atoms with van der Waals surface area (Å²) in [5.74, 6) is 4.57. The fourth-order valence-electron chi connectivity index (χ4n) is 4.65. The molecule has 2 aliphatic heterocycles. The Balaban J connectivity index is 1.21. The molecule has 2 aliphatic rings. The third-order valence-electron chi connectivity index (χ3n) is 6.60. The SMILES string of the molecule is CCOc1cc(C=NNc2cc(N3CCCC3)nc(N3CCCC3)n2)ccc1OCCOc1ccc(Br)cc1. The van der Waals surface area contributed by atoms with E-state index in [4.69, 9.17) is 24.2 Å². The first-order chi connectivity index (χ1) is 19.2. The molecule has 3 aromatic rings. The van der Waals surface area contributed by atoms with Gasteiger partial charge in [0, 0.05) is 36.7 Å². The molecule has 206 valence electrons. The smallest absolute Gasteiger partial charge is 0.229 e. The van der Waals surface area contributed by atoms with Crippen molar-refractivity contribution in [2.75, 3.05) is 61.2 Å². The molecule has 3 heterocycles. The standard InChI is InChI=1S/C29H35BrN6O3/c1-2-37-26-19-22(7-12-25(26)39-18-17-38-24-10-8-23(30)9-11-24)21-31-34-27-20-28(35-13-3-4-14-35)33-29(32-27)36-15-5-6-16-36/h7-12,19-21H,2-6,13-18H2,1H3,(H,32,33,34). The van der Waals surface area contributed by atoms with Gasteiger partial charge in [0.25, 0.3) is 0 Å². The topological polar surface area (TPSA) is 84.3 Å². The van der Waals surface area contributed by atoms with Gasteiger partial charge in [-0.2, -0.15) is 15.1 Å². The summed E-state index contributed by atoms with van der Waals surface area (Å²) in [6.07, 6.45) is 6.51. The van der Waals surface area contributed by atoms with Crippen LogP contribution < -0.4 is 29.4 Å². The molecule has 2 saturated heterocycles. The lowest BCUT2D eigenvalue weighted by atomic mass is 10.2. The maximum Gasteiger partial charge on any atom is 0.229 e. The number of hydrogen-bond donors (Lipinski definition) is 1. The van der Waals surface area contributed by atoms with Crippen LogP contribution in [0.1, 0.15) is 38.2 Å². The average molecular weight is 596 g/mol. The van der Waals surface area contributed by atoms with Gasteiger partial charge in [-0.15, -0.1) is 0 Å². The molecule has 0 amide bonds. The zero-order valence-corrected chi connectivity index (χ0v) is 23.9. The van der Waals surface area contributed by atoms with E-state index in [1.54, 1.807) is 6.21 Å². The summed E-state index contributed by atoms with van der Waals surface area (Å²) in [6, 6.07) is 15.5. The molecular weight excluding hydrogens is 560 g/mol. The molecule has 39 heavy (non-hydrogen) atoms. The molecule has 9 nitrogen and oxygen atoms in total. The second-order valence-electron chi connectivity index (χ2n) is 9.46. The molecule has 2 aromatic carbocycles. The van der Waals surface area contributed by atoms with Crippen molar-refractivity contribution >= 4 is 39.7 Å². The van der Waals surface area contributed by atoms with Crippen LogP contribution >= 0.6 is 15.9 Å². The molecule has 1 aromatic heterocycles. The molecule has 10 heteroatoms. The maximum absolute atomic E-state index is 5.94. The summed E-state index contributed by atoms with van der Waals surface area (Å²) < 4.78 is 18.5. The van der Waals surface area contributed by atoms with Crippen LogP contribution in [0.5, 0.6) is 17.2 Å². The van der Waals surface area contributed by atoms with E-state index in [0.717, 1.165) is 53.7 Å². The van der Waals surface area contributed by atoms with E-state index in [1.165, 1.54) is 25.7 Å². The molecule has 0 bridgehead atoms. The monoisotopic (exact) mass is 594 g/mol. The van der Waals surface area contributed by atoms with Crippen molar-refractivity contribution in [1.29, 1.82) is 0 Å². The number of hydrogen-bond acceptors (Lipinski definition) is 9. The highest BCUT2D eigenvalue weighted by Crippen LogP contribution is 2.29. The molecule has 1 N–H and O–H groups in total. The van der Waals surface area contributed by atoms with Gasteiger partial charge in [-0.3, -0.25) is 5.43 Å². The molecule has 2 fully saturated rings. The average Bonchev–Trinajstić information content (AvgIpc) is 3.69. The van der Waals surface area contributed by atoms with Crippen LogP contribution in [0, 0.1) is 0 Å². The van der Waals surface area contributed by atoms with Crippen molar-refractivity contribution in [2.24, 2.45) is 5.10 Å². The Morgan fingerprint density at radius 3 is 2.31 bits per heavy atom. The predicted octanol–water partition coefficient (Wildman–Crippen LogP) is 5.74. The number of anilines is 3. The van der Waals surface area contributed by atoms with Gasteiger partial charge in [0.1, 0.15) is 24.8 Å². The Bertz CT molecular complexity index is 1210. The molecule has 0 atom stereocenters. The fourth-order valence-corrected chi connectivity index (χ4v) is 4.92. The first-order valence-electron chi connectivity index (χ1n) is 13.6.